The van der Waals surface area contributed by atoms with Crippen LogP contribution in [0.15, 0.2) is 30.3 Å². The molecule has 1 rings (SSSR count). The van der Waals surface area contributed by atoms with Crippen molar-refractivity contribution in [3.05, 3.63) is 30.3 Å². The number of rotatable bonds is 5. The highest BCUT2D eigenvalue weighted by Crippen LogP contribution is 2.07. The monoisotopic (exact) mass is 247 g/mol. The number of nitrogens with one attached hydrogen (secondary N) is 1. The number of anilines is 1. The third-order valence-electron chi connectivity index (χ3n) is 1.55. The predicted octanol–water partition coefficient (Wildman–Crippen LogP) is 1.24. The van der Waals surface area contributed by atoms with Crippen LogP contribution in [0.2, 0.25) is 0 Å². The van der Waals surface area contributed by atoms with Crippen LogP contribution in [0.1, 0.15) is 0 Å². The number of ketones is 1. The highest BCUT2D eigenvalue weighted by molar-refractivity contribution is 7.93. The standard InChI is InChI=1S/C9H10ClNO3S/c10-6-9(12)7-15(13,14)11-8-4-2-1-3-5-8/h1-5,11H,6-7H2. The fraction of sp³-hybridized carbons (Fsp3) is 0.222. The van der Waals surface area contributed by atoms with Crippen LogP contribution in [-0.4, -0.2) is 25.8 Å². The summed E-state index contributed by atoms with van der Waals surface area (Å²) in [5, 5.41) is 0. The molecule has 0 aliphatic rings. The first-order valence-electron chi connectivity index (χ1n) is 4.17. The average molecular weight is 248 g/mol. The summed E-state index contributed by atoms with van der Waals surface area (Å²) in [6.45, 7) is 0. The Balaban J connectivity index is 2.69. The van der Waals surface area contributed by atoms with Crippen LogP contribution >= 0.6 is 11.6 Å². The number of carbonyl (C=O) groups excluding carboxylic acids is 1. The normalized spacial score (nSPS) is 11.0. The second kappa shape index (κ2) is 5.14. The molecule has 6 heteroatoms. The van der Waals surface area contributed by atoms with Gasteiger partial charge in [-0.3, -0.25) is 9.52 Å². The molecule has 0 spiro atoms. The third kappa shape index (κ3) is 4.31. The smallest absolute Gasteiger partial charge is 0.239 e. The Morgan fingerprint density at radius 1 is 1.27 bits per heavy atom. The zero-order valence-corrected chi connectivity index (χ0v) is 9.38. The van der Waals surface area contributed by atoms with Crippen LogP contribution in [0.3, 0.4) is 0 Å². The summed E-state index contributed by atoms with van der Waals surface area (Å²) in [5.41, 5.74) is 0.430. The van der Waals surface area contributed by atoms with Gasteiger partial charge in [0.15, 0.2) is 5.78 Å². The van der Waals surface area contributed by atoms with Gasteiger partial charge in [-0.2, -0.15) is 0 Å². The molecule has 1 aromatic carbocycles. The van der Waals surface area contributed by atoms with E-state index in [2.05, 4.69) is 4.72 Å². The lowest BCUT2D eigenvalue weighted by molar-refractivity contribution is -0.114. The first-order chi connectivity index (χ1) is 7.03. The molecule has 0 atom stereocenters. The van der Waals surface area contributed by atoms with E-state index in [-0.39, 0.29) is 5.88 Å². The van der Waals surface area contributed by atoms with Crippen LogP contribution < -0.4 is 4.72 Å². The lowest BCUT2D eigenvalue weighted by Gasteiger charge is -2.05. The maximum atomic E-state index is 11.4. The maximum Gasteiger partial charge on any atom is 0.239 e. The Hall–Kier alpha value is -1.07. The van der Waals surface area contributed by atoms with Crippen LogP contribution in [0.4, 0.5) is 5.69 Å². The molecule has 0 aliphatic carbocycles. The lowest BCUT2D eigenvalue weighted by Crippen LogP contribution is -2.23. The van der Waals surface area contributed by atoms with Crippen LogP contribution in [-0.2, 0) is 14.8 Å². The number of hydrogen-bond donors (Lipinski definition) is 1. The molecule has 0 unspecified atom stereocenters. The highest BCUT2D eigenvalue weighted by atomic mass is 35.5. The van der Waals surface area contributed by atoms with Gasteiger partial charge in [-0.1, -0.05) is 18.2 Å². The number of para-hydroxylation sites is 1. The van der Waals surface area contributed by atoms with E-state index in [4.69, 9.17) is 11.6 Å². The highest BCUT2D eigenvalue weighted by Gasteiger charge is 2.15. The van der Waals surface area contributed by atoms with E-state index in [0.717, 1.165) is 0 Å². The Labute approximate surface area is 93.3 Å². The fourth-order valence-electron chi connectivity index (χ4n) is 0.972. The molecule has 0 aromatic heterocycles. The molecule has 15 heavy (non-hydrogen) atoms. The predicted molar refractivity (Wildman–Crippen MR) is 59.6 cm³/mol. The Morgan fingerprint density at radius 3 is 2.40 bits per heavy atom. The van der Waals surface area contributed by atoms with Gasteiger partial charge in [-0.25, -0.2) is 8.42 Å². The van der Waals surface area contributed by atoms with Crippen LogP contribution in [0, 0.1) is 0 Å². The number of carbonyl (C=O) groups is 1. The topological polar surface area (TPSA) is 63.2 Å². The van der Waals surface area contributed by atoms with Gasteiger partial charge in [0.2, 0.25) is 10.0 Å². The number of benzene rings is 1. The van der Waals surface area contributed by atoms with Crippen LogP contribution in [0.5, 0.6) is 0 Å². The van der Waals surface area contributed by atoms with Crippen molar-refractivity contribution < 1.29 is 13.2 Å². The van der Waals surface area contributed by atoms with E-state index >= 15 is 0 Å². The van der Waals surface area contributed by atoms with Crippen molar-refractivity contribution >= 4 is 33.1 Å². The van der Waals surface area contributed by atoms with E-state index in [0.29, 0.717) is 5.69 Å². The summed E-state index contributed by atoms with van der Waals surface area (Å²) in [5.74, 6) is -1.42. The van der Waals surface area contributed by atoms with Crippen molar-refractivity contribution in [2.45, 2.75) is 0 Å². The summed E-state index contributed by atoms with van der Waals surface area (Å²) in [6.07, 6.45) is 0. The van der Waals surface area contributed by atoms with E-state index in [9.17, 15) is 13.2 Å². The summed E-state index contributed by atoms with van der Waals surface area (Å²) < 4.78 is 25.0. The van der Waals surface area contributed by atoms with Gasteiger partial charge in [-0.15, -0.1) is 11.6 Å². The molecule has 1 aromatic rings. The van der Waals surface area contributed by atoms with Gasteiger partial charge >= 0.3 is 0 Å². The van der Waals surface area contributed by atoms with Gasteiger partial charge in [0, 0.05) is 5.69 Å². The maximum absolute atomic E-state index is 11.4. The SMILES string of the molecule is O=C(CCl)CS(=O)(=O)Nc1ccccc1. The molecule has 0 saturated heterocycles. The molecule has 0 fully saturated rings. The minimum atomic E-state index is -3.63. The van der Waals surface area contributed by atoms with E-state index in [1.807, 2.05) is 0 Å². The molecule has 82 valence electrons. The number of halogens is 1. The average Bonchev–Trinajstić information content (AvgIpc) is 2.17. The lowest BCUT2D eigenvalue weighted by atomic mass is 10.3. The Kier molecular flexibility index (Phi) is 4.11. The second-order valence-corrected chi connectivity index (χ2v) is 4.89. The van der Waals surface area contributed by atoms with Crippen molar-refractivity contribution in [3.8, 4) is 0 Å². The van der Waals surface area contributed by atoms with E-state index in [1.54, 1.807) is 30.3 Å². The number of sulfonamides is 1. The number of hydrogen-bond acceptors (Lipinski definition) is 3. The summed E-state index contributed by atoms with van der Waals surface area (Å²) >= 11 is 5.22. The Morgan fingerprint density at radius 2 is 1.87 bits per heavy atom. The van der Waals surface area contributed by atoms with Gasteiger partial charge in [-0.05, 0) is 12.1 Å². The number of alkyl halides is 1. The summed E-state index contributed by atoms with van der Waals surface area (Å²) in [7, 11) is -3.63. The molecule has 0 saturated carbocycles. The summed E-state index contributed by atoms with van der Waals surface area (Å²) in [4.78, 5) is 10.9. The third-order valence-corrected chi connectivity index (χ3v) is 3.09. The van der Waals surface area contributed by atoms with Gasteiger partial charge in [0.05, 0.1) is 5.88 Å². The van der Waals surface area contributed by atoms with Crippen LogP contribution in [0.25, 0.3) is 0 Å². The molecule has 0 aliphatic heterocycles. The Bertz CT molecular complexity index is 430. The molecule has 0 amide bonds. The van der Waals surface area contributed by atoms with E-state index < -0.39 is 21.6 Å². The molecular weight excluding hydrogens is 238 g/mol. The second-order valence-electron chi connectivity index (χ2n) is 2.90. The van der Waals surface area contributed by atoms with Crippen molar-refractivity contribution in [2.75, 3.05) is 16.4 Å². The zero-order chi connectivity index (χ0) is 11.3. The van der Waals surface area contributed by atoms with Crippen molar-refractivity contribution in [3.63, 3.8) is 0 Å². The van der Waals surface area contributed by atoms with Crippen molar-refractivity contribution in [1.29, 1.82) is 0 Å². The molecule has 1 N–H and O–H groups in total. The van der Waals surface area contributed by atoms with Gasteiger partial charge in [0.25, 0.3) is 0 Å². The molecule has 0 radical (unpaired) electrons. The fourth-order valence-corrected chi connectivity index (χ4v) is 2.27. The minimum absolute atomic E-state index is 0.296. The first-order valence-corrected chi connectivity index (χ1v) is 6.35. The largest absolute Gasteiger partial charge is 0.297 e. The zero-order valence-electron chi connectivity index (χ0n) is 7.81. The number of Topliss-reactive ketones (excluding diaryl/α,β-unsaturated/α-hetero) is 1. The van der Waals surface area contributed by atoms with Crippen molar-refractivity contribution in [1.82, 2.24) is 0 Å². The molecular formula is C9H10ClNO3S. The molecule has 0 bridgehead atoms. The van der Waals surface area contributed by atoms with Crippen molar-refractivity contribution in [2.24, 2.45) is 0 Å². The molecule has 0 heterocycles. The first kappa shape index (κ1) is 12.0. The van der Waals surface area contributed by atoms with E-state index in [1.165, 1.54) is 0 Å². The van der Waals surface area contributed by atoms with Gasteiger partial charge in [0.1, 0.15) is 5.75 Å². The quantitative estimate of drug-likeness (QED) is 0.797. The minimum Gasteiger partial charge on any atom is -0.297 e. The summed E-state index contributed by atoms with van der Waals surface area (Å²) in [6, 6.07) is 8.36. The molecule has 4 nitrogen and oxygen atoms in total. The van der Waals surface area contributed by atoms with Gasteiger partial charge < -0.3 is 0 Å².